The molecule has 0 atom stereocenters. The molecule has 0 aliphatic rings. The average Bonchev–Trinajstić information content (AvgIpc) is 3.02. The molecule has 3 rings (SSSR count). The Kier molecular flexibility index (Phi) is 4.78. The zero-order chi connectivity index (χ0) is 15.2. The van der Waals surface area contributed by atoms with Gasteiger partial charge in [-0.25, -0.2) is 0 Å². The van der Waals surface area contributed by atoms with Gasteiger partial charge in [-0.15, -0.1) is 14.8 Å². The van der Waals surface area contributed by atoms with Crippen molar-refractivity contribution in [3.8, 4) is 5.88 Å². The summed E-state index contributed by atoms with van der Waals surface area (Å²) in [6, 6.07) is 7.92. The van der Waals surface area contributed by atoms with Crippen LogP contribution < -0.4 is 4.74 Å². The van der Waals surface area contributed by atoms with E-state index in [0.717, 1.165) is 17.2 Å². The lowest BCUT2D eigenvalue weighted by Gasteiger charge is -2.08. The van der Waals surface area contributed by atoms with Crippen molar-refractivity contribution >= 4 is 16.4 Å². The van der Waals surface area contributed by atoms with Crippen LogP contribution in [0.15, 0.2) is 24.3 Å². The highest BCUT2D eigenvalue weighted by Crippen LogP contribution is 2.25. The molecule has 0 fully saturated rings. The van der Waals surface area contributed by atoms with E-state index in [1.165, 1.54) is 36.7 Å². The average molecular weight is 299 g/mol. The van der Waals surface area contributed by atoms with E-state index in [-0.39, 0.29) is 0 Å². The second kappa shape index (κ2) is 7.15. The van der Waals surface area contributed by atoms with Crippen molar-refractivity contribution < 1.29 is 4.74 Å². The predicted octanol–water partition coefficient (Wildman–Crippen LogP) is 3.41. The van der Waals surface area contributed by atoms with E-state index in [2.05, 4.69) is 27.5 Å². The van der Waals surface area contributed by atoms with Crippen LogP contribution in [0.4, 0.5) is 0 Å². The Labute approximate surface area is 129 Å². The van der Waals surface area contributed by atoms with Gasteiger partial charge in [0, 0.05) is 10.8 Å². The number of nitrogens with zero attached hydrogens (tertiary/aromatic N) is 5. The van der Waals surface area contributed by atoms with Gasteiger partial charge in [-0.3, -0.25) is 0 Å². The van der Waals surface area contributed by atoms with E-state index in [1.807, 2.05) is 24.3 Å². The molecule has 0 spiro atoms. The molecule has 0 unspecified atom stereocenters. The van der Waals surface area contributed by atoms with Gasteiger partial charge in [0.1, 0.15) is 0 Å². The molecule has 22 heavy (non-hydrogen) atoms. The lowest BCUT2D eigenvalue weighted by atomic mass is 10.1. The van der Waals surface area contributed by atoms with Gasteiger partial charge in [0.25, 0.3) is 0 Å². The maximum absolute atomic E-state index is 5.88. The SMILES string of the molecule is CCCCCCCCOc1nn2nnnc2c2ccccc12. The lowest BCUT2D eigenvalue weighted by molar-refractivity contribution is 0.291. The number of unbranched alkanes of at least 4 members (excludes halogenated alkanes) is 5. The van der Waals surface area contributed by atoms with Crippen LogP contribution in [0.5, 0.6) is 5.88 Å². The van der Waals surface area contributed by atoms with Crippen molar-refractivity contribution in [2.45, 2.75) is 45.4 Å². The van der Waals surface area contributed by atoms with Gasteiger partial charge in [0.2, 0.25) is 11.5 Å². The summed E-state index contributed by atoms with van der Waals surface area (Å²) in [6.45, 7) is 2.91. The number of fused-ring (bicyclic) bond motifs is 3. The summed E-state index contributed by atoms with van der Waals surface area (Å²) in [4.78, 5) is 0. The molecule has 0 amide bonds. The van der Waals surface area contributed by atoms with Crippen LogP contribution in [-0.2, 0) is 0 Å². The number of hydrogen-bond donors (Lipinski definition) is 0. The van der Waals surface area contributed by atoms with Gasteiger partial charge in [0.15, 0.2) is 0 Å². The van der Waals surface area contributed by atoms with Gasteiger partial charge >= 0.3 is 0 Å². The van der Waals surface area contributed by atoms with Gasteiger partial charge in [0.05, 0.1) is 6.61 Å². The van der Waals surface area contributed by atoms with Crippen LogP contribution in [0.2, 0.25) is 0 Å². The fourth-order valence-corrected chi connectivity index (χ4v) is 2.57. The third-order valence-electron chi connectivity index (χ3n) is 3.77. The molecular weight excluding hydrogens is 278 g/mol. The molecule has 2 heterocycles. The van der Waals surface area contributed by atoms with E-state index in [1.54, 1.807) is 0 Å². The first-order chi connectivity index (χ1) is 10.9. The second-order valence-electron chi connectivity index (χ2n) is 5.46. The number of benzene rings is 1. The second-order valence-corrected chi connectivity index (χ2v) is 5.46. The Morgan fingerprint density at radius 3 is 2.64 bits per heavy atom. The van der Waals surface area contributed by atoms with E-state index >= 15 is 0 Å². The van der Waals surface area contributed by atoms with Crippen molar-refractivity contribution in [3.63, 3.8) is 0 Å². The summed E-state index contributed by atoms with van der Waals surface area (Å²) < 4.78 is 7.31. The summed E-state index contributed by atoms with van der Waals surface area (Å²) in [7, 11) is 0. The Hall–Kier alpha value is -2.24. The topological polar surface area (TPSA) is 65.2 Å². The Bertz CT molecular complexity index is 740. The van der Waals surface area contributed by atoms with Crippen LogP contribution in [0, 0.1) is 0 Å². The van der Waals surface area contributed by atoms with Crippen molar-refractivity contribution in [2.24, 2.45) is 0 Å². The minimum Gasteiger partial charge on any atom is -0.476 e. The Morgan fingerprint density at radius 2 is 1.77 bits per heavy atom. The molecule has 3 aromatic rings. The third kappa shape index (κ3) is 3.16. The summed E-state index contributed by atoms with van der Waals surface area (Å²) >= 11 is 0. The molecule has 0 N–H and O–H groups in total. The molecule has 6 heteroatoms. The quantitative estimate of drug-likeness (QED) is 0.596. The fourth-order valence-electron chi connectivity index (χ4n) is 2.57. The van der Waals surface area contributed by atoms with Crippen molar-refractivity contribution in [1.82, 2.24) is 25.3 Å². The zero-order valence-electron chi connectivity index (χ0n) is 12.9. The number of ether oxygens (including phenoxy) is 1. The summed E-state index contributed by atoms with van der Waals surface area (Å²) in [5, 5.41) is 17.8. The minimum atomic E-state index is 0.601. The predicted molar refractivity (Wildman–Crippen MR) is 85.0 cm³/mol. The van der Waals surface area contributed by atoms with Crippen LogP contribution in [0.25, 0.3) is 16.4 Å². The highest BCUT2D eigenvalue weighted by molar-refractivity contribution is 5.96. The van der Waals surface area contributed by atoms with E-state index in [4.69, 9.17) is 4.74 Å². The van der Waals surface area contributed by atoms with E-state index < -0.39 is 0 Å². The van der Waals surface area contributed by atoms with Crippen LogP contribution in [0.3, 0.4) is 0 Å². The van der Waals surface area contributed by atoms with Crippen LogP contribution in [0.1, 0.15) is 45.4 Å². The molecule has 2 aromatic heterocycles. The van der Waals surface area contributed by atoms with Gasteiger partial charge in [-0.05, 0) is 22.9 Å². The minimum absolute atomic E-state index is 0.601. The monoisotopic (exact) mass is 299 g/mol. The van der Waals surface area contributed by atoms with Crippen LogP contribution >= 0.6 is 0 Å². The highest BCUT2D eigenvalue weighted by Gasteiger charge is 2.11. The number of tetrazole rings is 1. The highest BCUT2D eigenvalue weighted by atomic mass is 16.5. The third-order valence-corrected chi connectivity index (χ3v) is 3.77. The lowest BCUT2D eigenvalue weighted by Crippen LogP contribution is -2.04. The van der Waals surface area contributed by atoms with Gasteiger partial charge in [-0.2, -0.15) is 0 Å². The number of aromatic nitrogens is 5. The summed E-state index contributed by atoms with van der Waals surface area (Å²) in [6.07, 6.45) is 7.44. The van der Waals surface area contributed by atoms with Crippen LogP contribution in [-0.4, -0.2) is 31.9 Å². The fraction of sp³-hybridized carbons (Fsp3) is 0.500. The maximum atomic E-state index is 5.88. The van der Waals surface area contributed by atoms with E-state index in [0.29, 0.717) is 18.1 Å². The van der Waals surface area contributed by atoms with E-state index in [9.17, 15) is 0 Å². The Balaban J connectivity index is 1.67. The van der Waals surface area contributed by atoms with Crippen molar-refractivity contribution in [3.05, 3.63) is 24.3 Å². The molecule has 0 aliphatic carbocycles. The molecule has 0 saturated carbocycles. The smallest absolute Gasteiger partial charge is 0.241 e. The van der Waals surface area contributed by atoms with Crippen molar-refractivity contribution in [2.75, 3.05) is 6.61 Å². The first kappa shape index (κ1) is 14.7. The summed E-state index contributed by atoms with van der Waals surface area (Å²) in [5.41, 5.74) is 0.655. The molecule has 6 nitrogen and oxygen atoms in total. The molecule has 1 aromatic carbocycles. The molecule has 116 valence electrons. The molecule has 0 aliphatic heterocycles. The normalized spacial score (nSPS) is 11.3. The number of hydrogen-bond acceptors (Lipinski definition) is 5. The molecule has 0 radical (unpaired) electrons. The van der Waals surface area contributed by atoms with Gasteiger partial charge in [-0.1, -0.05) is 57.2 Å². The first-order valence-electron chi connectivity index (χ1n) is 8.00. The molecular formula is C16H21N5O. The maximum Gasteiger partial charge on any atom is 0.241 e. The number of rotatable bonds is 8. The van der Waals surface area contributed by atoms with Gasteiger partial charge < -0.3 is 4.74 Å². The first-order valence-corrected chi connectivity index (χ1v) is 8.00. The molecule has 0 bridgehead atoms. The largest absolute Gasteiger partial charge is 0.476 e. The van der Waals surface area contributed by atoms with Crippen molar-refractivity contribution in [1.29, 1.82) is 0 Å². The zero-order valence-corrected chi connectivity index (χ0v) is 12.9. The standard InChI is InChI=1S/C16H21N5O/c1-2-3-4-5-6-9-12-22-16-14-11-8-7-10-13(14)15-17-19-20-21(15)18-16/h7-8,10-11H,2-6,9,12H2,1H3. The summed E-state index contributed by atoms with van der Waals surface area (Å²) in [5.74, 6) is 0.601. The molecule has 0 saturated heterocycles. The Morgan fingerprint density at radius 1 is 1.00 bits per heavy atom.